The minimum Gasteiger partial charge on any atom is -0.478 e. The number of rotatable bonds is 4. The van der Waals surface area contributed by atoms with Crippen molar-refractivity contribution in [1.29, 1.82) is 0 Å². The van der Waals surface area contributed by atoms with Crippen molar-refractivity contribution < 1.29 is 23.5 Å². The topological polar surface area (TPSA) is 66.4 Å². The lowest BCUT2D eigenvalue weighted by molar-refractivity contribution is -0.111. The number of carbonyl (C=O) groups is 2. The van der Waals surface area contributed by atoms with Gasteiger partial charge in [0.25, 0.3) is 0 Å². The molecule has 0 saturated carbocycles. The van der Waals surface area contributed by atoms with Crippen LogP contribution in [0.25, 0.3) is 16.3 Å². The van der Waals surface area contributed by atoms with Gasteiger partial charge in [0.1, 0.15) is 5.82 Å². The number of amides is 1. The Hall–Kier alpha value is -3.54. The third kappa shape index (κ3) is 4.00. The molecule has 0 fully saturated rings. The molecule has 4 nitrogen and oxygen atoms in total. The highest BCUT2D eigenvalue weighted by molar-refractivity contribution is 6.07. The van der Waals surface area contributed by atoms with Gasteiger partial charge < -0.3 is 10.4 Å². The van der Waals surface area contributed by atoms with Crippen molar-refractivity contribution in [3.05, 3.63) is 83.4 Å². The molecule has 27 heavy (non-hydrogen) atoms. The van der Waals surface area contributed by atoms with Crippen LogP contribution in [0.1, 0.15) is 22.8 Å². The van der Waals surface area contributed by atoms with Crippen LogP contribution in [0, 0.1) is 11.6 Å². The predicted molar refractivity (Wildman–Crippen MR) is 99.5 cm³/mol. The number of anilines is 1. The maximum atomic E-state index is 13.9. The van der Waals surface area contributed by atoms with Crippen LogP contribution in [0.5, 0.6) is 0 Å². The highest BCUT2D eigenvalue weighted by atomic mass is 19.1. The third-order valence-electron chi connectivity index (χ3n) is 4.09. The highest BCUT2D eigenvalue weighted by Gasteiger charge is 2.18. The molecular weight excluding hydrogens is 352 g/mol. The van der Waals surface area contributed by atoms with Gasteiger partial charge >= 0.3 is 5.97 Å². The summed E-state index contributed by atoms with van der Waals surface area (Å²) in [5, 5.41) is 13.3. The van der Waals surface area contributed by atoms with Crippen LogP contribution in [0.15, 0.2) is 60.7 Å². The van der Waals surface area contributed by atoms with E-state index in [-0.39, 0.29) is 0 Å². The molecule has 0 spiro atoms. The standard InChI is InChI=1S/C21H15F2NO3/c1-12(14-7-6-13-4-2-3-5-15(13)9-14)8-19(25)24-20-17(21(26)27)10-16(22)11-18(20)23/h2-11H,1H3,(H,24,25)(H,26,27). The molecule has 0 aromatic heterocycles. The first kappa shape index (κ1) is 18.3. The van der Waals surface area contributed by atoms with E-state index in [1.165, 1.54) is 6.08 Å². The van der Waals surface area contributed by atoms with Crippen LogP contribution in [0.3, 0.4) is 0 Å². The number of hydrogen-bond donors (Lipinski definition) is 2. The maximum absolute atomic E-state index is 13.9. The van der Waals surface area contributed by atoms with Gasteiger partial charge in [-0.3, -0.25) is 4.79 Å². The molecule has 2 N–H and O–H groups in total. The summed E-state index contributed by atoms with van der Waals surface area (Å²) < 4.78 is 27.2. The molecule has 3 rings (SSSR count). The van der Waals surface area contributed by atoms with E-state index in [2.05, 4.69) is 5.32 Å². The Labute approximate surface area is 153 Å². The summed E-state index contributed by atoms with van der Waals surface area (Å²) >= 11 is 0. The van der Waals surface area contributed by atoms with E-state index in [0.29, 0.717) is 17.7 Å². The number of halogens is 2. The SMILES string of the molecule is CC(=CC(=O)Nc1c(F)cc(F)cc1C(=O)O)c1ccc2ccccc2c1. The minimum absolute atomic E-state index is 0.516. The van der Waals surface area contributed by atoms with Crippen molar-refractivity contribution in [2.75, 3.05) is 5.32 Å². The van der Waals surface area contributed by atoms with Crippen LogP contribution < -0.4 is 5.32 Å². The van der Waals surface area contributed by atoms with Crippen molar-refractivity contribution in [3.63, 3.8) is 0 Å². The summed E-state index contributed by atoms with van der Waals surface area (Å²) in [6.07, 6.45) is 1.23. The van der Waals surface area contributed by atoms with Gasteiger partial charge in [0.05, 0.1) is 11.3 Å². The summed E-state index contributed by atoms with van der Waals surface area (Å²) in [4.78, 5) is 23.4. The zero-order valence-corrected chi connectivity index (χ0v) is 14.3. The molecule has 1 amide bonds. The lowest BCUT2D eigenvalue weighted by Crippen LogP contribution is -2.14. The minimum atomic E-state index is -1.54. The highest BCUT2D eigenvalue weighted by Crippen LogP contribution is 2.24. The second kappa shape index (κ2) is 7.37. The Bertz CT molecular complexity index is 1090. The van der Waals surface area contributed by atoms with Gasteiger partial charge in [0.2, 0.25) is 5.91 Å². The van der Waals surface area contributed by atoms with Gasteiger partial charge in [0.15, 0.2) is 5.82 Å². The predicted octanol–water partition coefficient (Wildman–Crippen LogP) is 4.86. The van der Waals surface area contributed by atoms with Crippen molar-refractivity contribution in [3.8, 4) is 0 Å². The summed E-state index contributed by atoms with van der Waals surface area (Å²) in [5.41, 5.74) is 0.175. The molecule has 136 valence electrons. The molecule has 0 aliphatic heterocycles. The summed E-state index contributed by atoms with van der Waals surface area (Å²) in [5.74, 6) is -4.45. The second-order valence-electron chi connectivity index (χ2n) is 5.99. The van der Waals surface area contributed by atoms with Gasteiger partial charge in [-0.1, -0.05) is 36.4 Å². The van der Waals surface area contributed by atoms with E-state index in [0.717, 1.165) is 16.3 Å². The lowest BCUT2D eigenvalue weighted by atomic mass is 10.0. The van der Waals surface area contributed by atoms with Crippen LogP contribution in [-0.4, -0.2) is 17.0 Å². The van der Waals surface area contributed by atoms with E-state index in [4.69, 9.17) is 5.11 Å². The number of nitrogens with one attached hydrogen (secondary N) is 1. The number of carboxylic acids is 1. The van der Waals surface area contributed by atoms with E-state index in [9.17, 15) is 18.4 Å². The number of hydrogen-bond acceptors (Lipinski definition) is 2. The molecule has 3 aromatic rings. The van der Waals surface area contributed by atoms with E-state index in [1.807, 2.05) is 42.5 Å². The third-order valence-corrected chi connectivity index (χ3v) is 4.09. The molecule has 3 aromatic carbocycles. The quantitative estimate of drug-likeness (QED) is 0.647. The van der Waals surface area contributed by atoms with Gasteiger partial charge in [-0.05, 0) is 41.0 Å². The number of carbonyl (C=O) groups excluding carboxylic acids is 1. The molecular formula is C21H15F2NO3. The number of carboxylic acid groups (broad SMARTS) is 1. The molecule has 0 radical (unpaired) electrons. The average molecular weight is 367 g/mol. The molecule has 0 unspecified atom stereocenters. The van der Waals surface area contributed by atoms with Crippen molar-refractivity contribution in [1.82, 2.24) is 0 Å². The van der Waals surface area contributed by atoms with Crippen LogP contribution in [-0.2, 0) is 4.79 Å². The molecule has 0 heterocycles. The smallest absolute Gasteiger partial charge is 0.338 e. The zero-order chi connectivity index (χ0) is 19.6. The van der Waals surface area contributed by atoms with Crippen LogP contribution in [0.4, 0.5) is 14.5 Å². The first-order valence-corrected chi connectivity index (χ1v) is 8.06. The van der Waals surface area contributed by atoms with Crippen LogP contribution >= 0.6 is 0 Å². The fourth-order valence-electron chi connectivity index (χ4n) is 2.74. The van der Waals surface area contributed by atoms with E-state index >= 15 is 0 Å². The number of fused-ring (bicyclic) bond motifs is 1. The average Bonchev–Trinajstić information content (AvgIpc) is 2.63. The van der Waals surface area contributed by atoms with E-state index < -0.39 is 34.8 Å². The van der Waals surface area contributed by atoms with Crippen molar-refractivity contribution >= 4 is 33.9 Å². The van der Waals surface area contributed by atoms with E-state index in [1.54, 1.807) is 6.92 Å². The second-order valence-corrected chi connectivity index (χ2v) is 5.99. The summed E-state index contributed by atoms with van der Waals surface area (Å²) in [7, 11) is 0. The summed E-state index contributed by atoms with van der Waals surface area (Å²) in [6.45, 7) is 1.71. The van der Waals surface area contributed by atoms with Crippen molar-refractivity contribution in [2.45, 2.75) is 6.92 Å². The maximum Gasteiger partial charge on any atom is 0.338 e. The normalized spacial score (nSPS) is 11.4. The molecule has 0 saturated heterocycles. The van der Waals surface area contributed by atoms with Crippen LogP contribution in [0.2, 0.25) is 0 Å². The fraction of sp³-hybridized carbons (Fsp3) is 0.0476. The largest absolute Gasteiger partial charge is 0.478 e. The molecule has 0 aliphatic rings. The first-order chi connectivity index (χ1) is 12.8. The molecule has 0 atom stereocenters. The van der Waals surface area contributed by atoms with Gasteiger partial charge in [-0.2, -0.15) is 0 Å². The Morgan fingerprint density at radius 3 is 2.41 bits per heavy atom. The van der Waals surface area contributed by atoms with Gasteiger partial charge in [0, 0.05) is 12.1 Å². The summed E-state index contributed by atoms with van der Waals surface area (Å²) in [6, 6.07) is 14.6. The molecule has 0 bridgehead atoms. The van der Waals surface area contributed by atoms with Gasteiger partial charge in [-0.15, -0.1) is 0 Å². The fourth-order valence-corrected chi connectivity index (χ4v) is 2.74. The Balaban J connectivity index is 1.89. The van der Waals surface area contributed by atoms with Crippen molar-refractivity contribution in [2.24, 2.45) is 0 Å². The Morgan fingerprint density at radius 2 is 1.70 bits per heavy atom. The molecule has 6 heteroatoms. The number of allylic oxidation sites excluding steroid dienone is 1. The monoisotopic (exact) mass is 367 g/mol. The molecule has 0 aliphatic carbocycles. The first-order valence-electron chi connectivity index (χ1n) is 8.06. The number of benzene rings is 3. The lowest BCUT2D eigenvalue weighted by Gasteiger charge is -2.09. The number of aromatic carboxylic acids is 1. The zero-order valence-electron chi connectivity index (χ0n) is 14.3. The Morgan fingerprint density at radius 1 is 1.00 bits per heavy atom. The van der Waals surface area contributed by atoms with Gasteiger partial charge in [-0.25, -0.2) is 13.6 Å². The Kier molecular flexibility index (Phi) is 4.98.